The average molecular weight is 265 g/mol. The highest BCUT2D eigenvalue weighted by Crippen LogP contribution is 2.27. The number of nitrogens with one attached hydrogen (secondary N) is 2. The van der Waals surface area contributed by atoms with Gasteiger partial charge in [0, 0.05) is 24.7 Å². The van der Waals surface area contributed by atoms with Crippen LogP contribution in [0.2, 0.25) is 0 Å². The molecule has 1 heterocycles. The van der Waals surface area contributed by atoms with Gasteiger partial charge in [0.1, 0.15) is 6.04 Å². The second kappa shape index (κ2) is 6.36. The number of amides is 1. The van der Waals surface area contributed by atoms with E-state index in [2.05, 4.69) is 15.3 Å². The summed E-state index contributed by atoms with van der Waals surface area (Å²) in [6.07, 6.45) is 8.23. The highest BCUT2D eigenvalue weighted by atomic mass is 16.4. The van der Waals surface area contributed by atoms with Gasteiger partial charge >= 0.3 is 5.97 Å². The molecule has 1 aliphatic rings. The molecule has 1 aromatic rings. The zero-order valence-electron chi connectivity index (χ0n) is 10.8. The highest BCUT2D eigenvalue weighted by molar-refractivity contribution is 5.83. The second-order valence-electron chi connectivity index (χ2n) is 5.09. The minimum atomic E-state index is -1.02. The number of nitrogens with zero attached hydrogens (tertiary/aromatic N) is 1. The maximum absolute atomic E-state index is 11.8. The molecule has 0 unspecified atom stereocenters. The van der Waals surface area contributed by atoms with Crippen LogP contribution >= 0.6 is 0 Å². The van der Waals surface area contributed by atoms with Crippen molar-refractivity contribution in [1.82, 2.24) is 15.3 Å². The quantitative estimate of drug-likeness (QED) is 0.717. The van der Waals surface area contributed by atoms with Gasteiger partial charge in [0.05, 0.1) is 6.33 Å². The van der Waals surface area contributed by atoms with Gasteiger partial charge in [0.2, 0.25) is 5.91 Å². The molecular formula is C13H19N3O3. The first kappa shape index (κ1) is 13.6. The lowest BCUT2D eigenvalue weighted by Crippen LogP contribution is -2.42. The van der Waals surface area contributed by atoms with Crippen LogP contribution in [-0.2, 0) is 16.0 Å². The van der Waals surface area contributed by atoms with E-state index in [-0.39, 0.29) is 12.3 Å². The molecule has 1 aromatic heterocycles. The lowest BCUT2D eigenvalue weighted by molar-refractivity contribution is -0.141. The van der Waals surface area contributed by atoms with Gasteiger partial charge in [-0.25, -0.2) is 9.78 Å². The summed E-state index contributed by atoms with van der Waals surface area (Å²) in [7, 11) is 0. The Bertz CT molecular complexity index is 424. The summed E-state index contributed by atoms with van der Waals surface area (Å²) >= 11 is 0. The normalized spacial score (nSPS) is 17.3. The molecule has 2 rings (SSSR count). The van der Waals surface area contributed by atoms with Crippen LogP contribution in [0.5, 0.6) is 0 Å². The van der Waals surface area contributed by atoms with Gasteiger partial charge in [0.25, 0.3) is 0 Å². The van der Waals surface area contributed by atoms with Crippen LogP contribution in [-0.4, -0.2) is 33.0 Å². The van der Waals surface area contributed by atoms with Gasteiger partial charge in [-0.1, -0.05) is 12.8 Å². The molecule has 0 aliphatic heterocycles. The lowest BCUT2D eigenvalue weighted by atomic mass is 10.0. The summed E-state index contributed by atoms with van der Waals surface area (Å²) in [6, 6.07) is -0.894. The summed E-state index contributed by atoms with van der Waals surface area (Å²) in [4.78, 5) is 29.7. The monoisotopic (exact) mass is 265 g/mol. The van der Waals surface area contributed by atoms with Crippen molar-refractivity contribution in [3.05, 3.63) is 18.2 Å². The van der Waals surface area contributed by atoms with Crippen LogP contribution in [0, 0.1) is 5.92 Å². The van der Waals surface area contributed by atoms with Gasteiger partial charge in [-0.05, 0) is 18.8 Å². The van der Waals surface area contributed by atoms with Crippen LogP contribution < -0.4 is 5.32 Å². The third-order valence-electron chi connectivity index (χ3n) is 3.56. The van der Waals surface area contributed by atoms with Crippen LogP contribution in [0.3, 0.4) is 0 Å². The predicted octanol–water partition coefficient (Wildman–Crippen LogP) is 1.10. The summed E-state index contributed by atoms with van der Waals surface area (Å²) < 4.78 is 0. The van der Waals surface area contributed by atoms with E-state index in [1.54, 1.807) is 6.20 Å². The summed E-state index contributed by atoms with van der Waals surface area (Å²) in [6.45, 7) is 0. The number of carbonyl (C=O) groups is 2. The van der Waals surface area contributed by atoms with Gasteiger partial charge in [0.15, 0.2) is 0 Å². The molecule has 1 atom stereocenters. The summed E-state index contributed by atoms with van der Waals surface area (Å²) in [5.74, 6) is -0.769. The van der Waals surface area contributed by atoms with Crippen molar-refractivity contribution >= 4 is 11.9 Å². The third kappa shape index (κ3) is 4.08. The van der Waals surface area contributed by atoms with E-state index in [9.17, 15) is 9.59 Å². The molecule has 0 saturated heterocycles. The van der Waals surface area contributed by atoms with E-state index in [1.807, 2.05) is 0 Å². The SMILES string of the molecule is O=C(CC1CCCC1)N[C@H](Cc1cnc[nH]1)C(=O)O. The first-order valence-corrected chi connectivity index (χ1v) is 6.64. The fourth-order valence-corrected chi connectivity index (χ4v) is 2.55. The molecule has 0 spiro atoms. The Hall–Kier alpha value is -1.85. The van der Waals surface area contributed by atoms with Crippen molar-refractivity contribution in [2.24, 2.45) is 5.92 Å². The highest BCUT2D eigenvalue weighted by Gasteiger charge is 2.24. The molecule has 0 radical (unpaired) electrons. The summed E-state index contributed by atoms with van der Waals surface area (Å²) in [5.41, 5.74) is 0.702. The molecule has 1 aliphatic carbocycles. The van der Waals surface area contributed by atoms with Gasteiger partial charge in [-0.3, -0.25) is 4.79 Å². The molecule has 6 nitrogen and oxygen atoms in total. The van der Waals surface area contributed by atoms with E-state index >= 15 is 0 Å². The van der Waals surface area contributed by atoms with E-state index in [0.29, 0.717) is 18.0 Å². The zero-order valence-corrected chi connectivity index (χ0v) is 10.8. The van der Waals surface area contributed by atoms with Gasteiger partial charge in [-0.15, -0.1) is 0 Å². The smallest absolute Gasteiger partial charge is 0.326 e. The number of carboxylic acids is 1. The van der Waals surface area contributed by atoms with Gasteiger partial charge < -0.3 is 15.4 Å². The van der Waals surface area contributed by atoms with Crippen LogP contribution in [0.4, 0.5) is 0 Å². The fraction of sp³-hybridized carbons (Fsp3) is 0.615. The Kier molecular flexibility index (Phi) is 4.54. The molecule has 1 saturated carbocycles. The topological polar surface area (TPSA) is 95.1 Å². The maximum atomic E-state index is 11.8. The van der Waals surface area contributed by atoms with Gasteiger partial charge in [-0.2, -0.15) is 0 Å². The van der Waals surface area contributed by atoms with E-state index in [0.717, 1.165) is 12.8 Å². The zero-order chi connectivity index (χ0) is 13.7. The van der Waals surface area contributed by atoms with Crippen molar-refractivity contribution in [3.8, 4) is 0 Å². The van der Waals surface area contributed by atoms with Crippen molar-refractivity contribution < 1.29 is 14.7 Å². The standard InChI is InChI=1S/C13H19N3O3/c17-12(5-9-3-1-2-4-9)16-11(13(18)19)6-10-7-14-8-15-10/h7-9,11H,1-6H2,(H,14,15)(H,16,17)(H,18,19)/t11-/m1/s1. The molecule has 6 heteroatoms. The average Bonchev–Trinajstić information content (AvgIpc) is 3.00. The Balaban J connectivity index is 1.85. The van der Waals surface area contributed by atoms with Crippen molar-refractivity contribution in [1.29, 1.82) is 0 Å². The number of imidazole rings is 1. The Morgan fingerprint density at radius 2 is 2.21 bits per heavy atom. The number of carbonyl (C=O) groups excluding carboxylic acids is 1. The summed E-state index contributed by atoms with van der Waals surface area (Å²) in [5, 5.41) is 11.7. The molecular weight excluding hydrogens is 246 g/mol. The van der Waals surface area contributed by atoms with Crippen LogP contribution in [0.1, 0.15) is 37.8 Å². The fourth-order valence-electron chi connectivity index (χ4n) is 2.55. The number of aliphatic carboxylic acids is 1. The molecule has 0 aromatic carbocycles. The Labute approximate surface area is 111 Å². The van der Waals surface area contributed by atoms with E-state index in [4.69, 9.17) is 5.11 Å². The molecule has 19 heavy (non-hydrogen) atoms. The second-order valence-corrected chi connectivity index (χ2v) is 5.09. The minimum absolute atomic E-state index is 0.168. The molecule has 3 N–H and O–H groups in total. The Morgan fingerprint density at radius 3 is 2.79 bits per heavy atom. The predicted molar refractivity (Wildman–Crippen MR) is 68.4 cm³/mol. The number of carboxylic acid groups (broad SMARTS) is 1. The maximum Gasteiger partial charge on any atom is 0.326 e. The van der Waals surface area contributed by atoms with Crippen LogP contribution in [0.15, 0.2) is 12.5 Å². The van der Waals surface area contributed by atoms with Crippen molar-refractivity contribution in [2.75, 3.05) is 0 Å². The minimum Gasteiger partial charge on any atom is -0.480 e. The van der Waals surface area contributed by atoms with Crippen LogP contribution in [0.25, 0.3) is 0 Å². The van der Waals surface area contributed by atoms with E-state index < -0.39 is 12.0 Å². The third-order valence-corrected chi connectivity index (χ3v) is 3.56. The first-order chi connectivity index (χ1) is 9.15. The number of aromatic nitrogens is 2. The lowest BCUT2D eigenvalue weighted by Gasteiger charge is -2.15. The Morgan fingerprint density at radius 1 is 1.47 bits per heavy atom. The largest absolute Gasteiger partial charge is 0.480 e. The molecule has 1 fully saturated rings. The van der Waals surface area contributed by atoms with Crippen molar-refractivity contribution in [2.45, 2.75) is 44.6 Å². The molecule has 0 bridgehead atoms. The molecule has 104 valence electrons. The van der Waals surface area contributed by atoms with Crippen molar-refractivity contribution in [3.63, 3.8) is 0 Å². The number of aromatic amines is 1. The number of rotatable bonds is 6. The first-order valence-electron chi connectivity index (χ1n) is 6.64. The number of hydrogen-bond donors (Lipinski definition) is 3. The number of H-pyrrole nitrogens is 1. The number of hydrogen-bond acceptors (Lipinski definition) is 3. The van der Waals surface area contributed by atoms with E-state index in [1.165, 1.54) is 19.2 Å². The molecule has 1 amide bonds.